The summed E-state index contributed by atoms with van der Waals surface area (Å²) in [5.41, 5.74) is 0.884. The molecule has 0 aliphatic carbocycles. The zero-order valence-electron chi connectivity index (χ0n) is 12.0. The van der Waals surface area contributed by atoms with Crippen molar-refractivity contribution >= 4 is 5.91 Å². The molecule has 1 aliphatic heterocycles. The highest BCUT2D eigenvalue weighted by molar-refractivity contribution is 5.77. The van der Waals surface area contributed by atoms with Crippen LogP contribution in [0.25, 0.3) is 11.4 Å². The van der Waals surface area contributed by atoms with Crippen LogP contribution in [-0.4, -0.2) is 39.0 Å². The second-order valence-electron chi connectivity index (χ2n) is 5.29. The Morgan fingerprint density at radius 2 is 2.14 bits per heavy atom. The van der Waals surface area contributed by atoms with E-state index in [2.05, 4.69) is 22.0 Å². The second-order valence-corrected chi connectivity index (χ2v) is 5.29. The fraction of sp³-hybridized carbons (Fsp3) is 0.467. The van der Waals surface area contributed by atoms with Gasteiger partial charge in [0.25, 0.3) is 0 Å². The van der Waals surface area contributed by atoms with Crippen molar-refractivity contribution in [1.82, 2.24) is 20.0 Å². The first-order valence-corrected chi connectivity index (χ1v) is 7.29. The maximum Gasteiger partial charge on any atom is 0.233 e. The monoisotopic (exact) mass is 286 g/mol. The number of likely N-dealkylation sites (tertiary alicyclic amines) is 1. The maximum absolute atomic E-state index is 11.8. The predicted octanol–water partition coefficient (Wildman–Crippen LogP) is 2.25. The summed E-state index contributed by atoms with van der Waals surface area (Å²) in [6.07, 6.45) is 6.02. The van der Waals surface area contributed by atoms with E-state index in [0.29, 0.717) is 31.2 Å². The minimum absolute atomic E-state index is 0.165. The molecule has 0 unspecified atom stereocenters. The van der Waals surface area contributed by atoms with Crippen LogP contribution in [0.1, 0.15) is 38.0 Å². The predicted molar refractivity (Wildman–Crippen MR) is 76.4 cm³/mol. The minimum atomic E-state index is 0.165. The van der Waals surface area contributed by atoms with Crippen LogP contribution in [0.15, 0.2) is 29.0 Å². The van der Waals surface area contributed by atoms with Gasteiger partial charge in [-0.1, -0.05) is 18.5 Å². The molecule has 6 heteroatoms. The summed E-state index contributed by atoms with van der Waals surface area (Å²) < 4.78 is 5.31. The maximum atomic E-state index is 11.8. The molecule has 0 atom stereocenters. The van der Waals surface area contributed by atoms with E-state index in [1.165, 1.54) is 0 Å². The zero-order valence-corrected chi connectivity index (χ0v) is 12.0. The van der Waals surface area contributed by atoms with E-state index in [4.69, 9.17) is 4.52 Å². The number of pyridine rings is 1. The molecule has 1 amide bonds. The van der Waals surface area contributed by atoms with Crippen molar-refractivity contribution in [2.45, 2.75) is 32.1 Å². The van der Waals surface area contributed by atoms with Gasteiger partial charge in [-0.3, -0.25) is 9.78 Å². The smallest absolute Gasteiger partial charge is 0.233 e. The molecule has 2 aromatic rings. The molecule has 21 heavy (non-hydrogen) atoms. The Kier molecular flexibility index (Phi) is 3.94. The Balaban J connectivity index is 1.58. The van der Waals surface area contributed by atoms with Gasteiger partial charge < -0.3 is 9.42 Å². The normalized spacial score (nSPS) is 15.0. The summed E-state index contributed by atoms with van der Waals surface area (Å²) in [4.78, 5) is 22.1. The fourth-order valence-electron chi connectivity index (χ4n) is 2.34. The number of carbonyl (C=O) groups is 1. The molecule has 0 radical (unpaired) electrons. The van der Waals surface area contributed by atoms with Crippen LogP contribution < -0.4 is 0 Å². The molecule has 0 spiro atoms. The first kappa shape index (κ1) is 13.7. The van der Waals surface area contributed by atoms with Gasteiger partial charge in [-0.2, -0.15) is 4.98 Å². The Morgan fingerprint density at radius 1 is 1.38 bits per heavy atom. The van der Waals surface area contributed by atoms with Gasteiger partial charge in [-0.25, -0.2) is 0 Å². The Morgan fingerprint density at radius 3 is 2.86 bits per heavy atom. The highest BCUT2D eigenvalue weighted by atomic mass is 16.5. The van der Waals surface area contributed by atoms with Crippen molar-refractivity contribution < 1.29 is 9.32 Å². The van der Waals surface area contributed by atoms with Crippen molar-refractivity contribution in [3.63, 3.8) is 0 Å². The highest BCUT2D eigenvalue weighted by Crippen LogP contribution is 2.28. The molecular weight excluding hydrogens is 268 g/mol. The molecule has 110 valence electrons. The summed E-state index contributed by atoms with van der Waals surface area (Å²) in [7, 11) is 0. The Labute approximate surface area is 123 Å². The van der Waals surface area contributed by atoms with Gasteiger partial charge in [0.1, 0.15) is 0 Å². The molecular formula is C15H18N4O2. The van der Waals surface area contributed by atoms with Crippen LogP contribution in [0, 0.1) is 0 Å². The summed E-state index contributed by atoms with van der Waals surface area (Å²) in [5, 5.41) is 3.99. The van der Waals surface area contributed by atoms with Crippen molar-refractivity contribution in [2.24, 2.45) is 0 Å². The number of hydrogen-bond donors (Lipinski definition) is 0. The number of aromatic nitrogens is 3. The van der Waals surface area contributed by atoms with Crippen LogP contribution in [0.5, 0.6) is 0 Å². The van der Waals surface area contributed by atoms with E-state index >= 15 is 0 Å². The standard InChI is InChI=1S/C15H18N4O2/c1-2-3-4-13(20)19-9-12(10-19)15-17-14(18-21-15)11-5-7-16-8-6-11/h5-8,12H,2-4,9-10H2,1H3. The van der Waals surface area contributed by atoms with Gasteiger partial charge in [0.2, 0.25) is 17.6 Å². The number of hydrogen-bond acceptors (Lipinski definition) is 5. The third kappa shape index (κ3) is 2.94. The largest absolute Gasteiger partial charge is 0.341 e. The van der Waals surface area contributed by atoms with Crippen LogP contribution >= 0.6 is 0 Å². The summed E-state index contributed by atoms with van der Waals surface area (Å²) in [6, 6.07) is 3.69. The molecule has 1 aliphatic rings. The van der Waals surface area contributed by atoms with Crippen molar-refractivity contribution in [1.29, 1.82) is 0 Å². The lowest BCUT2D eigenvalue weighted by Crippen LogP contribution is -2.48. The second kappa shape index (κ2) is 6.03. The number of unbranched alkanes of at least 4 members (excludes halogenated alkanes) is 1. The molecule has 0 N–H and O–H groups in total. The average Bonchev–Trinajstić information content (AvgIpc) is 2.94. The van der Waals surface area contributed by atoms with Gasteiger partial charge in [0.15, 0.2) is 0 Å². The molecule has 0 saturated carbocycles. The van der Waals surface area contributed by atoms with Crippen molar-refractivity contribution in [3.05, 3.63) is 30.4 Å². The van der Waals surface area contributed by atoms with Crippen LogP contribution in [-0.2, 0) is 4.79 Å². The molecule has 0 aromatic carbocycles. The molecule has 0 bridgehead atoms. The number of rotatable bonds is 5. The number of carbonyl (C=O) groups excluding carboxylic acids is 1. The van der Waals surface area contributed by atoms with Crippen LogP contribution in [0.4, 0.5) is 0 Å². The zero-order chi connectivity index (χ0) is 14.7. The number of amides is 1. The lowest BCUT2D eigenvalue weighted by atomic mass is 9.99. The van der Waals surface area contributed by atoms with Gasteiger partial charge in [-0.05, 0) is 18.6 Å². The summed E-state index contributed by atoms with van der Waals surface area (Å²) >= 11 is 0. The van der Waals surface area contributed by atoms with Gasteiger partial charge in [0.05, 0.1) is 5.92 Å². The molecule has 6 nitrogen and oxygen atoms in total. The molecule has 1 fully saturated rings. The van der Waals surface area contributed by atoms with Gasteiger partial charge in [0, 0.05) is 37.5 Å². The lowest BCUT2D eigenvalue weighted by molar-refractivity contribution is -0.136. The average molecular weight is 286 g/mol. The molecule has 3 heterocycles. The third-order valence-corrected chi connectivity index (χ3v) is 3.71. The van der Waals surface area contributed by atoms with Gasteiger partial charge >= 0.3 is 0 Å². The van der Waals surface area contributed by atoms with E-state index in [1.807, 2.05) is 17.0 Å². The minimum Gasteiger partial charge on any atom is -0.341 e. The first-order valence-electron chi connectivity index (χ1n) is 7.29. The SMILES string of the molecule is CCCCC(=O)N1CC(c2nc(-c3ccncc3)no2)C1. The third-order valence-electron chi connectivity index (χ3n) is 3.71. The van der Waals surface area contributed by atoms with Crippen LogP contribution in [0.3, 0.4) is 0 Å². The van der Waals surface area contributed by atoms with Gasteiger partial charge in [-0.15, -0.1) is 0 Å². The van der Waals surface area contributed by atoms with Crippen LogP contribution in [0.2, 0.25) is 0 Å². The van der Waals surface area contributed by atoms with E-state index in [9.17, 15) is 4.79 Å². The van der Waals surface area contributed by atoms with Crippen molar-refractivity contribution in [3.8, 4) is 11.4 Å². The summed E-state index contributed by atoms with van der Waals surface area (Å²) in [5.74, 6) is 1.57. The van der Waals surface area contributed by atoms with E-state index in [-0.39, 0.29) is 11.8 Å². The Bertz CT molecular complexity index is 605. The van der Waals surface area contributed by atoms with E-state index < -0.39 is 0 Å². The topological polar surface area (TPSA) is 72.1 Å². The fourth-order valence-corrected chi connectivity index (χ4v) is 2.34. The van der Waals surface area contributed by atoms with E-state index in [1.54, 1.807) is 12.4 Å². The lowest BCUT2D eigenvalue weighted by Gasteiger charge is -2.37. The molecule has 3 rings (SSSR count). The summed E-state index contributed by atoms with van der Waals surface area (Å²) in [6.45, 7) is 3.45. The number of nitrogens with zero attached hydrogens (tertiary/aromatic N) is 4. The molecule has 1 saturated heterocycles. The van der Waals surface area contributed by atoms with E-state index in [0.717, 1.165) is 18.4 Å². The van der Waals surface area contributed by atoms with Crippen molar-refractivity contribution in [2.75, 3.05) is 13.1 Å². The Hall–Kier alpha value is -2.24. The molecule has 2 aromatic heterocycles. The first-order chi connectivity index (χ1) is 10.3. The highest BCUT2D eigenvalue weighted by Gasteiger charge is 2.35. The quantitative estimate of drug-likeness (QED) is 0.843.